The van der Waals surface area contributed by atoms with Crippen molar-refractivity contribution in [3.63, 3.8) is 0 Å². The van der Waals surface area contributed by atoms with Gasteiger partial charge in [0.2, 0.25) is 0 Å². The van der Waals surface area contributed by atoms with Crippen molar-refractivity contribution in [2.45, 2.75) is 0 Å². The minimum absolute atomic E-state index is 0.463. The second-order valence-electron chi connectivity index (χ2n) is 4.21. The molecule has 0 bridgehead atoms. The standard InChI is InChI=1S/C14H11BrClNO3/c15-8-1-2-9(16)11(5-8)20-12-7-14-13(6-10(12)17)18-3-4-19-14/h1-2,5-7H,3-4,17H2. The van der Waals surface area contributed by atoms with Crippen LogP contribution < -0.4 is 19.9 Å². The highest BCUT2D eigenvalue weighted by atomic mass is 79.9. The number of nitrogens with two attached hydrogens (primary N) is 1. The first-order chi connectivity index (χ1) is 9.63. The molecule has 6 heteroatoms. The minimum atomic E-state index is 0.463. The quantitative estimate of drug-likeness (QED) is 0.817. The maximum Gasteiger partial charge on any atom is 0.165 e. The smallest absolute Gasteiger partial charge is 0.165 e. The van der Waals surface area contributed by atoms with Gasteiger partial charge in [0, 0.05) is 16.6 Å². The fraction of sp³-hybridized carbons (Fsp3) is 0.143. The van der Waals surface area contributed by atoms with Gasteiger partial charge in [-0.1, -0.05) is 27.5 Å². The molecule has 1 aliphatic rings. The van der Waals surface area contributed by atoms with Crippen LogP contribution in [0.3, 0.4) is 0 Å². The van der Waals surface area contributed by atoms with E-state index in [2.05, 4.69) is 15.9 Å². The summed E-state index contributed by atoms with van der Waals surface area (Å²) in [6, 6.07) is 8.76. The Hall–Kier alpha value is -1.59. The number of anilines is 1. The molecule has 0 aliphatic carbocycles. The topological polar surface area (TPSA) is 53.7 Å². The third-order valence-corrected chi connectivity index (χ3v) is 3.59. The van der Waals surface area contributed by atoms with Gasteiger partial charge in [0.1, 0.15) is 19.0 Å². The number of hydrogen-bond acceptors (Lipinski definition) is 4. The van der Waals surface area contributed by atoms with Gasteiger partial charge in [-0.25, -0.2) is 0 Å². The second-order valence-corrected chi connectivity index (χ2v) is 5.53. The summed E-state index contributed by atoms with van der Waals surface area (Å²) >= 11 is 9.47. The number of ether oxygens (including phenoxy) is 3. The van der Waals surface area contributed by atoms with Crippen LogP contribution in [-0.2, 0) is 0 Å². The zero-order chi connectivity index (χ0) is 14.1. The van der Waals surface area contributed by atoms with Gasteiger partial charge in [0.05, 0.1) is 10.7 Å². The summed E-state index contributed by atoms with van der Waals surface area (Å²) in [5, 5.41) is 0.502. The molecule has 0 saturated carbocycles. The molecule has 0 atom stereocenters. The predicted octanol–water partition coefficient (Wildman–Crippen LogP) is 4.25. The van der Waals surface area contributed by atoms with E-state index in [4.69, 9.17) is 31.5 Å². The normalized spacial score (nSPS) is 13.1. The van der Waals surface area contributed by atoms with Crippen LogP contribution >= 0.6 is 27.5 Å². The predicted molar refractivity (Wildman–Crippen MR) is 81.1 cm³/mol. The lowest BCUT2D eigenvalue weighted by atomic mass is 10.2. The summed E-state index contributed by atoms with van der Waals surface area (Å²) in [5.74, 6) is 2.24. The van der Waals surface area contributed by atoms with Gasteiger partial charge in [-0.05, 0) is 18.2 Å². The van der Waals surface area contributed by atoms with E-state index >= 15 is 0 Å². The summed E-state index contributed by atoms with van der Waals surface area (Å²) in [4.78, 5) is 0. The lowest BCUT2D eigenvalue weighted by Gasteiger charge is -2.20. The van der Waals surface area contributed by atoms with E-state index < -0.39 is 0 Å². The SMILES string of the molecule is Nc1cc2c(cc1Oc1cc(Br)ccc1Cl)OCCO2. The molecule has 0 spiro atoms. The van der Waals surface area contributed by atoms with Crippen molar-refractivity contribution in [1.82, 2.24) is 0 Å². The van der Waals surface area contributed by atoms with Gasteiger partial charge in [-0.3, -0.25) is 0 Å². The summed E-state index contributed by atoms with van der Waals surface area (Å²) in [5.41, 5.74) is 6.43. The zero-order valence-electron chi connectivity index (χ0n) is 10.4. The van der Waals surface area contributed by atoms with Gasteiger partial charge >= 0.3 is 0 Å². The molecule has 0 saturated heterocycles. The summed E-state index contributed by atoms with van der Waals surface area (Å²) < 4.78 is 17.6. The molecule has 2 aromatic carbocycles. The van der Waals surface area contributed by atoms with Crippen LogP contribution in [0.5, 0.6) is 23.0 Å². The van der Waals surface area contributed by atoms with Crippen LogP contribution in [0, 0.1) is 0 Å². The molecule has 0 unspecified atom stereocenters. The summed E-state index contributed by atoms with van der Waals surface area (Å²) in [6.45, 7) is 1.03. The van der Waals surface area contributed by atoms with Crippen LogP contribution in [0.15, 0.2) is 34.8 Å². The van der Waals surface area contributed by atoms with Crippen LogP contribution in [0.4, 0.5) is 5.69 Å². The van der Waals surface area contributed by atoms with E-state index in [1.807, 2.05) is 6.07 Å². The lowest BCUT2D eigenvalue weighted by molar-refractivity contribution is 0.171. The van der Waals surface area contributed by atoms with E-state index in [1.54, 1.807) is 24.3 Å². The third-order valence-electron chi connectivity index (χ3n) is 2.79. The van der Waals surface area contributed by atoms with Crippen molar-refractivity contribution in [3.8, 4) is 23.0 Å². The van der Waals surface area contributed by atoms with Crippen molar-refractivity contribution < 1.29 is 14.2 Å². The number of fused-ring (bicyclic) bond motifs is 1. The number of benzene rings is 2. The third kappa shape index (κ3) is 2.64. The molecule has 1 aliphatic heterocycles. The molecule has 4 nitrogen and oxygen atoms in total. The second kappa shape index (κ2) is 5.42. The molecule has 0 fully saturated rings. The molecule has 3 rings (SSSR count). The maximum atomic E-state index is 6.10. The van der Waals surface area contributed by atoms with Gasteiger partial charge in [0.25, 0.3) is 0 Å². The van der Waals surface area contributed by atoms with E-state index in [-0.39, 0.29) is 0 Å². The van der Waals surface area contributed by atoms with Crippen LogP contribution in [-0.4, -0.2) is 13.2 Å². The van der Waals surface area contributed by atoms with E-state index in [0.717, 1.165) is 4.47 Å². The first-order valence-corrected chi connectivity index (χ1v) is 7.12. The average molecular weight is 357 g/mol. The van der Waals surface area contributed by atoms with Gasteiger partial charge in [-0.15, -0.1) is 0 Å². The summed E-state index contributed by atoms with van der Waals surface area (Å²) in [6.07, 6.45) is 0. The summed E-state index contributed by atoms with van der Waals surface area (Å²) in [7, 11) is 0. The average Bonchev–Trinajstić information content (AvgIpc) is 2.43. The Kier molecular flexibility index (Phi) is 3.63. The first-order valence-electron chi connectivity index (χ1n) is 5.95. The lowest BCUT2D eigenvalue weighted by Crippen LogP contribution is -2.15. The van der Waals surface area contributed by atoms with Crippen LogP contribution in [0.1, 0.15) is 0 Å². The maximum absolute atomic E-state index is 6.10. The first kappa shape index (κ1) is 13.4. The number of nitrogen functional groups attached to an aromatic ring is 1. The Morgan fingerprint density at radius 1 is 1.05 bits per heavy atom. The number of hydrogen-bond donors (Lipinski definition) is 1. The molecular weight excluding hydrogens is 346 g/mol. The molecule has 104 valence electrons. The Bertz CT molecular complexity index is 663. The molecule has 0 amide bonds. The van der Waals surface area contributed by atoms with Crippen molar-refractivity contribution in [1.29, 1.82) is 0 Å². The molecule has 1 heterocycles. The van der Waals surface area contributed by atoms with Crippen LogP contribution in [0.2, 0.25) is 5.02 Å². The fourth-order valence-corrected chi connectivity index (χ4v) is 2.34. The molecular formula is C14H11BrClNO3. The minimum Gasteiger partial charge on any atom is -0.486 e. The zero-order valence-corrected chi connectivity index (χ0v) is 12.7. The number of rotatable bonds is 2. The van der Waals surface area contributed by atoms with E-state index in [0.29, 0.717) is 46.9 Å². The molecule has 0 radical (unpaired) electrons. The van der Waals surface area contributed by atoms with E-state index in [1.165, 1.54) is 0 Å². The number of halogens is 2. The highest BCUT2D eigenvalue weighted by Gasteiger charge is 2.16. The van der Waals surface area contributed by atoms with Gasteiger partial charge < -0.3 is 19.9 Å². The molecule has 20 heavy (non-hydrogen) atoms. The highest BCUT2D eigenvalue weighted by Crippen LogP contribution is 2.41. The Balaban J connectivity index is 1.96. The van der Waals surface area contributed by atoms with Crippen LogP contribution in [0.25, 0.3) is 0 Å². The Morgan fingerprint density at radius 3 is 2.50 bits per heavy atom. The van der Waals surface area contributed by atoms with E-state index in [9.17, 15) is 0 Å². The molecule has 0 aromatic heterocycles. The van der Waals surface area contributed by atoms with Crippen molar-refractivity contribution in [2.75, 3.05) is 18.9 Å². The largest absolute Gasteiger partial charge is 0.486 e. The van der Waals surface area contributed by atoms with Crippen molar-refractivity contribution in [2.24, 2.45) is 0 Å². The van der Waals surface area contributed by atoms with Gasteiger partial charge in [-0.2, -0.15) is 0 Å². The van der Waals surface area contributed by atoms with Crippen molar-refractivity contribution in [3.05, 3.63) is 39.8 Å². The van der Waals surface area contributed by atoms with Crippen molar-refractivity contribution >= 4 is 33.2 Å². The molecule has 2 N–H and O–H groups in total. The Morgan fingerprint density at radius 2 is 1.75 bits per heavy atom. The Labute approximate surface area is 129 Å². The van der Waals surface area contributed by atoms with Gasteiger partial charge in [0.15, 0.2) is 17.2 Å². The fourth-order valence-electron chi connectivity index (χ4n) is 1.85. The highest BCUT2D eigenvalue weighted by molar-refractivity contribution is 9.10. The monoisotopic (exact) mass is 355 g/mol. The molecule has 2 aromatic rings.